The summed E-state index contributed by atoms with van der Waals surface area (Å²) in [5, 5.41) is 2.98. The maximum Gasteiger partial charge on any atom is 0.317 e. The van der Waals surface area contributed by atoms with Crippen LogP contribution < -0.4 is 10.2 Å². The number of piperazine rings is 1. The van der Waals surface area contributed by atoms with E-state index in [0.717, 1.165) is 42.4 Å². The minimum Gasteiger partial charge on any atom is -0.378 e. The van der Waals surface area contributed by atoms with Gasteiger partial charge in [0.2, 0.25) is 0 Å². The van der Waals surface area contributed by atoms with E-state index in [1.165, 1.54) is 11.1 Å². The van der Waals surface area contributed by atoms with Gasteiger partial charge in [0.05, 0.1) is 12.3 Å². The zero-order chi connectivity index (χ0) is 21.7. The number of rotatable bonds is 6. The zero-order valence-electron chi connectivity index (χ0n) is 18.7. The molecule has 2 amide bonds. The third-order valence-corrected chi connectivity index (χ3v) is 5.24. The van der Waals surface area contributed by atoms with Crippen molar-refractivity contribution in [2.45, 2.75) is 46.8 Å². The topological polar surface area (TPSA) is 70.6 Å². The highest BCUT2D eigenvalue weighted by Crippen LogP contribution is 2.26. The molecule has 0 spiro atoms. The second kappa shape index (κ2) is 9.89. The maximum atomic E-state index is 12.3. The average molecular weight is 412 g/mol. The molecule has 1 aliphatic heterocycles. The lowest BCUT2D eigenvalue weighted by molar-refractivity contribution is 0.180. The number of nitrogens with one attached hydrogen (secondary N) is 1. The molecular formula is C23H33N5O2. The number of anilines is 1. The molecule has 3 rings (SSSR count). The SMILES string of the molecule is COCc1nc(C)nc(N2CCN(C(=O)NC(C)C)CC2)c1Cc1ccc(C)cc1. The molecule has 1 saturated heterocycles. The fraction of sp³-hybridized carbons (Fsp3) is 0.522. The molecule has 1 N–H and O–H groups in total. The molecule has 0 saturated carbocycles. The summed E-state index contributed by atoms with van der Waals surface area (Å²) in [6.45, 7) is 11.3. The summed E-state index contributed by atoms with van der Waals surface area (Å²) in [4.78, 5) is 26.0. The molecule has 0 aliphatic carbocycles. The smallest absolute Gasteiger partial charge is 0.317 e. The highest BCUT2D eigenvalue weighted by molar-refractivity contribution is 5.74. The fourth-order valence-corrected chi connectivity index (χ4v) is 3.71. The minimum absolute atomic E-state index is 0.00321. The fourth-order valence-electron chi connectivity index (χ4n) is 3.71. The Morgan fingerprint density at radius 1 is 1.10 bits per heavy atom. The van der Waals surface area contributed by atoms with Crippen LogP contribution in [0.5, 0.6) is 0 Å². The normalized spacial score (nSPS) is 14.3. The molecule has 0 atom stereocenters. The van der Waals surface area contributed by atoms with E-state index in [9.17, 15) is 4.79 Å². The first kappa shape index (κ1) is 22.0. The second-order valence-corrected chi connectivity index (χ2v) is 8.19. The molecule has 1 aromatic heterocycles. The standard InChI is InChI=1S/C23H33N5O2/c1-16(2)24-23(29)28-12-10-27(11-13-28)22-20(14-19-8-6-17(3)7-9-19)21(15-30-5)25-18(4)26-22/h6-9,16H,10-15H2,1-5H3,(H,24,29). The number of carbonyl (C=O) groups is 1. The van der Waals surface area contributed by atoms with Crippen LogP contribution in [0, 0.1) is 13.8 Å². The van der Waals surface area contributed by atoms with Gasteiger partial charge < -0.3 is 19.9 Å². The van der Waals surface area contributed by atoms with Gasteiger partial charge in [0.15, 0.2) is 0 Å². The Hall–Kier alpha value is -2.67. The number of aromatic nitrogens is 2. The molecule has 1 aliphatic rings. The van der Waals surface area contributed by atoms with Gasteiger partial charge in [-0.15, -0.1) is 0 Å². The Morgan fingerprint density at radius 2 is 1.77 bits per heavy atom. The summed E-state index contributed by atoms with van der Waals surface area (Å²) in [7, 11) is 1.69. The first-order valence-electron chi connectivity index (χ1n) is 10.6. The maximum absolute atomic E-state index is 12.3. The zero-order valence-corrected chi connectivity index (χ0v) is 18.7. The van der Waals surface area contributed by atoms with Gasteiger partial charge in [0.1, 0.15) is 11.6 Å². The predicted octanol–water partition coefficient (Wildman–Crippen LogP) is 3.07. The number of nitrogens with zero attached hydrogens (tertiary/aromatic N) is 4. The van der Waals surface area contributed by atoms with Crippen molar-refractivity contribution in [2.24, 2.45) is 0 Å². The highest BCUT2D eigenvalue weighted by Gasteiger charge is 2.25. The third kappa shape index (κ3) is 5.48. The lowest BCUT2D eigenvalue weighted by Crippen LogP contribution is -2.53. The molecule has 1 aromatic carbocycles. The van der Waals surface area contributed by atoms with Crippen LogP contribution in [0.3, 0.4) is 0 Å². The molecule has 0 unspecified atom stereocenters. The summed E-state index contributed by atoms with van der Waals surface area (Å²) in [5.41, 5.74) is 4.50. The van der Waals surface area contributed by atoms with Crippen molar-refractivity contribution in [1.82, 2.24) is 20.2 Å². The summed E-state index contributed by atoms with van der Waals surface area (Å²) < 4.78 is 5.44. The van der Waals surface area contributed by atoms with Crippen LogP contribution in [0.1, 0.15) is 42.1 Å². The van der Waals surface area contributed by atoms with E-state index in [1.54, 1.807) is 7.11 Å². The van der Waals surface area contributed by atoms with Crippen molar-refractivity contribution in [3.63, 3.8) is 0 Å². The molecule has 1 fully saturated rings. The molecular weight excluding hydrogens is 378 g/mol. The molecule has 30 heavy (non-hydrogen) atoms. The number of methoxy groups -OCH3 is 1. The average Bonchev–Trinajstić information content (AvgIpc) is 2.71. The van der Waals surface area contributed by atoms with Gasteiger partial charge in [-0.05, 0) is 33.3 Å². The molecule has 2 heterocycles. The number of amides is 2. The lowest BCUT2D eigenvalue weighted by Gasteiger charge is -2.37. The Morgan fingerprint density at radius 3 is 2.37 bits per heavy atom. The summed E-state index contributed by atoms with van der Waals surface area (Å²) in [6, 6.07) is 8.72. The molecule has 0 bridgehead atoms. The van der Waals surface area contributed by atoms with Gasteiger partial charge in [-0.2, -0.15) is 0 Å². The van der Waals surface area contributed by atoms with Crippen LogP contribution in [0.2, 0.25) is 0 Å². The van der Waals surface area contributed by atoms with Crippen molar-refractivity contribution in [2.75, 3.05) is 38.2 Å². The summed E-state index contributed by atoms with van der Waals surface area (Å²) in [6.07, 6.45) is 0.753. The summed E-state index contributed by atoms with van der Waals surface area (Å²) in [5.74, 6) is 1.70. The van der Waals surface area contributed by atoms with Gasteiger partial charge in [0.25, 0.3) is 0 Å². The second-order valence-electron chi connectivity index (χ2n) is 8.19. The van der Waals surface area contributed by atoms with Crippen LogP contribution in [0.4, 0.5) is 10.6 Å². The van der Waals surface area contributed by atoms with Crippen LogP contribution in [0.15, 0.2) is 24.3 Å². The largest absolute Gasteiger partial charge is 0.378 e. The first-order valence-corrected chi connectivity index (χ1v) is 10.6. The Bertz CT molecular complexity index is 859. The van der Waals surface area contributed by atoms with E-state index >= 15 is 0 Å². The van der Waals surface area contributed by atoms with Gasteiger partial charge in [-0.1, -0.05) is 29.8 Å². The monoisotopic (exact) mass is 411 g/mol. The molecule has 7 heteroatoms. The first-order chi connectivity index (χ1) is 14.4. The molecule has 162 valence electrons. The number of urea groups is 1. The Labute approximate surface area is 179 Å². The van der Waals surface area contributed by atoms with E-state index in [1.807, 2.05) is 25.7 Å². The number of benzene rings is 1. The van der Waals surface area contributed by atoms with Crippen molar-refractivity contribution in [3.05, 3.63) is 52.5 Å². The number of ether oxygens (including phenoxy) is 1. The van der Waals surface area contributed by atoms with Gasteiger partial charge >= 0.3 is 6.03 Å². The molecule has 2 aromatic rings. The molecule has 0 radical (unpaired) electrons. The van der Waals surface area contributed by atoms with Crippen molar-refractivity contribution in [3.8, 4) is 0 Å². The van der Waals surface area contributed by atoms with Crippen LogP contribution in [-0.2, 0) is 17.8 Å². The van der Waals surface area contributed by atoms with Gasteiger partial charge in [-0.25, -0.2) is 14.8 Å². The van der Waals surface area contributed by atoms with Crippen LogP contribution >= 0.6 is 0 Å². The Balaban J connectivity index is 1.84. The van der Waals surface area contributed by atoms with Gasteiger partial charge in [-0.3, -0.25) is 0 Å². The predicted molar refractivity (Wildman–Crippen MR) is 119 cm³/mol. The third-order valence-electron chi connectivity index (χ3n) is 5.24. The number of aryl methyl sites for hydroxylation is 2. The van der Waals surface area contributed by atoms with Crippen molar-refractivity contribution >= 4 is 11.8 Å². The number of carbonyl (C=O) groups excluding carboxylic acids is 1. The van der Waals surface area contributed by atoms with E-state index in [2.05, 4.69) is 46.4 Å². The minimum atomic E-state index is 0.00321. The van der Waals surface area contributed by atoms with Crippen LogP contribution in [-0.4, -0.2) is 60.2 Å². The number of hydrogen-bond acceptors (Lipinski definition) is 5. The quantitative estimate of drug-likeness (QED) is 0.791. The van der Waals surface area contributed by atoms with E-state index in [-0.39, 0.29) is 12.1 Å². The summed E-state index contributed by atoms with van der Waals surface area (Å²) >= 11 is 0. The Kier molecular flexibility index (Phi) is 7.26. The van der Waals surface area contributed by atoms with Crippen molar-refractivity contribution < 1.29 is 9.53 Å². The van der Waals surface area contributed by atoms with Gasteiger partial charge in [0, 0.05) is 51.3 Å². The number of hydrogen-bond donors (Lipinski definition) is 1. The lowest BCUT2D eigenvalue weighted by atomic mass is 10.0. The van der Waals surface area contributed by atoms with E-state index in [4.69, 9.17) is 9.72 Å². The van der Waals surface area contributed by atoms with Crippen molar-refractivity contribution in [1.29, 1.82) is 0 Å². The molecule has 7 nitrogen and oxygen atoms in total. The van der Waals surface area contributed by atoms with E-state index in [0.29, 0.717) is 19.7 Å². The highest BCUT2D eigenvalue weighted by atomic mass is 16.5. The van der Waals surface area contributed by atoms with E-state index < -0.39 is 0 Å². The van der Waals surface area contributed by atoms with Crippen LogP contribution in [0.25, 0.3) is 0 Å².